The molecule has 1 heterocycles. The van der Waals surface area contributed by atoms with E-state index in [1.54, 1.807) is 12.4 Å². The largest absolute Gasteiger partial charge is 0.263 e. The Morgan fingerprint density at radius 3 is 2.20 bits per heavy atom. The van der Waals surface area contributed by atoms with Crippen LogP contribution in [0.1, 0.15) is 43.0 Å². The molecule has 20 heavy (non-hydrogen) atoms. The Kier molecular flexibility index (Phi) is 3.63. The van der Waals surface area contributed by atoms with Crippen LogP contribution in [0.5, 0.6) is 0 Å². The van der Waals surface area contributed by atoms with Crippen LogP contribution in [0.2, 0.25) is 0 Å². The van der Waals surface area contributed by atoms with Crippen LogP contribution in [0, 0.1) is 25.2 Å². The summed E-state index contributed by atoms with van der Waals surface area (Å²) >= 11 is 0. The van der Waals surface area contributed by atoms with Crippen molar-refractivity contribution in [3.8, 4) is 17.2 Å². The van der Waals surface area contributed by atoms with E-state index in [4.69, 9.17) is 0 Å². The molecular formula is C18H20N2. The average molecular weight is 264 g/mol. The van der Waals surface area contributed by atoms with Crippen LogP contribution in [0.4, 0.5) is 0 Å². The van der Waals surface area contributed by atoms with E-state index >= 15 is 0 Å². The van der Waals surface area contributed by atoms with E-state index < -0.39 is 0 Å². The monoisotopic (exact) mass is 264 g/mol. The number of benzene rings is 1. The van der Waals surface area contributed by atoms with Crippen molar-refractivity contribution in [1.82, 2.24) is 4.98 Å². The fourth-order valence-corrected chi connectivity index (χ4v) is 2.52. The first kappa shape index (κ1) is 14.3. The van der Waals surface area contributed by atoms with E-state index in [1.165, 1.54) is 16.7 Å². The van der Waals surface area contributed by atoms with Crippen LogP contribution in [-0.2, 0) is 5.41 Å². The molecule has 0 unspecified atom stereocenters. The van der Waals surface area contributed by atoms with Gasteiger partial charge in [-0.25, -0.2) is 0 Å². The molecule has 102 valence electrons. The second-order valence-corrected chi connectivity index (χ2v) is 6.27. The molecule has 1 aromatic heterocycles. The highest BCUT2D eigenvalue weighted by Crippen LogP contribution is 2.33. The Hall–Kier alpha value is -2.14. The maximum absolute atomic E-state index is 9.26. The smallest absolute Gasteiger partial charge is 0.101 e. The zero-order valence-electron chi connectivity index (χ0n) is 12.8. The molecule has 0 saturated heterocycles. The number of nitrogens with zero attached hydrogens (tertiary/aromatic N) is 2. The number of hydrogen-bond donors (Lipinski definition) is 0. The number of pyridine rings is 1. The van der Waals surface area contributed by atoms with Crippen molar-refractivity contribution in [3.05, 3.63) is 52.8 Å². The Bertz CT molecular complexity index is 662. The SMILES string of the molecule is Cc1cc(C(C)(C)C)cc(C)c1-c1ccncc1C#N. The molecule has 2 nitrogen and oxygen atoms in total. The highest BCUT2D eigenvalue weighted by Gasteiger charge is 2.18. The molecule has 0 spiro atoms. The van der Waals surface area contributed by atoms with Crippen LogP contribution in [0.15, 0.2) is 30.6 Å². The minimum atomic E-state index is 0.129. The van der Waals surface area contributed by atoms with E-state index in [2.05, 4.69) is 57.8 Å². The fraction of sp³-hybridized carbons (Fsp3) is 0.333. The van der Waals surface area contributed by atoms with Gasteiger partial charge in [-0.3, -0.25) is 4.98 Å². The van der Waals surface area contributed by atoms with Crippen LogP contribution < -0.4 is 0 Å². The molecule has 0 bridgehead atoms. The van der Waals surface area contributed by atoms with E-state index in [-0.39, 0.29) is 5.41 Å². The van der Waals surface area contributed by atoms with Crippen LogP contribution in [0.25, 0.3) is 11.1 Å². The molecule has 0 atom stereocenters. The normalized spacial score (nSPS) is 11.2. The Morgan fingerprint density at radius 1 is 1.10 bits per heavy atom. The summed E-state index contributed by atoms with van der Waals surface area (Å²) in [6.07, 6.45) is 3.37. The van der Waals surface area contributed by atoms with Crippen LogP contribution in [0.3, 0.4) is 0 Å². The van der Waals surface area contributed by atoms with Crippen LogP contribution in [-0.4, -0.2) is 4.98 Å². The standard InChI is InChI=1S/C18H20N2/c1-12-8-15(18(3,4)5)9-13(2)17(12)16-6-7-20-11-14(16)10-19/h6-9,11H,1-5H3. The summed E-state index contributed by atoms with van der Waals surface area (Å²) in [5.74, 6) is 0. The minimum absolute atomic E-state index is 0.129. The third kappa shape index (κ3) is 2.58. The van der Waals surface area contributed by atoms with Crippen LogP contribution >= 0.6 is 0 Å². The lowest BCUT2D eigenvalue weighted by Crippen LogP contribution is -2.12. The molecule has 2 aromatic rings. The highest BCUT2D eigenvalue weighted by atomic mass is 14.6. The summed E-state index contributed by atoms with van der Waals surface area (Å²) in [5.41, 5.74) is 6.61. The molecule has 2 rings (SSSR count). The maximum Gasteiger partial charge on any atom is 0.101 e. The van der Waals surface area contributed by atoms with E-state index in [9.17, 15) is 5.26 Å². The van der Waals surface area contributed by atoms with Gasteiger partial charge in [-0.1, -0.05) is 32.9 Å². The lowest BCUT2D eigenvalue weighted by molar-refractivity contribution is 0.589. The first-order valence-corrected chi connectivity index (χ1v) is 6.81. The lowest BCUT2D eigenvalue weighted by atomic mass is 9.82. The Morgan fingerprint density at radius 2 is 1.70 bits per heavy atom. The van der Waals surface area contributed by atoms with Gasteiger partial charge in [-0.05, 0) is 47.6 Å². The molecule has 0 radical (unpaired) electrons. The van der Waals surface area contributed by atoms with Crippen molar-refractivity contribution < 1.29 is 0 Å². The van der Waals surface area contributed by atoms with E-state index in [0.29, 0.717) is 5.56 Å². The number of hydrogen-bond acceptors (Lipinski definition) is 2. The summed E-state index contributed by atoms with van der Waals surface area (Å²) in [6.45, 7) is 10.9. The summed E-state index contributed by atoms with van der Waals surface area (Å²) < 4.78 is 0. The van der Waals surface area contributed by atoms with Crippen molar-refractivity contribution in [2.75, 3.05) is 0 Å². The fourth-order valence-electron chi connectivity index (χ4n) is 2.52. The molecule has 2 heteroatoms. The number of aromatic nitrogens is 1. The summed E-state index contributed by atoms with van der Waals surface area (Å²) in [5, 5.41) is 9.26. The maximum atomic E-state index is 9.26. The highest BCUT2D eigenvalue weighted by molar-refractivity contribution is 5.76. The van der Waals surface area contributed by atoms with Gasteiger partial charge in [0.05, 0.1) is 5.56 Å². The summed E-state index contributed by atoms with van der Waals surface area (Å²) in [6, 6.07) is 8.60. The van der Waals surface area contributed by atoms with Crippen molar-refractivity contribution in [2.45, 2.75) is 40.0 Å². The molecule has 1 aromatic carbocycles. The van der Waals surface area contributed by atoms with Gasteiger partial charge in [0.25, 0.3) is 0 Å². The van der Waals surface area contributed by atoms with Gasteiger partial charge in [-0.15, -0.1) is 0 Å². The average Bonchev–Trinajstić information content (AvgIpc) is 2.37. The van der Waals surface area contributed by atoms with Crippen molar-refractivity contribution in [3.63, 3.8) is 0 Å². The number of aryl methyl sites for hydroxylation is 2. The van der Waals surface area contributed by atoms with Gasteiger partial charge in [0.1, 0.15) is 6.07 Å². The van der Waals surface area contributed by atoms with Gasteiger partial charge in [0, 0.05) is 18.0 Å². The number of rotatable bonds is 1. The van der Waals surface area contributed by atoms with Crippen molar-refractivity contribution in [1.29, 1.82) is 5.26 Å². The van der Waals surface area contributed by atoms with Crippen molar-refractivity contribution in [2.24, 2.45) is 0 Å². The summed E-state index contributed by atoms with van der Waals surface area (Å²) in [4.78, 5) is 4.04. The lowest BCUT2D eigenvalue weighted by Gasteiger charge is -2.22. The zero-order valence-corrected chi connectivity index (χ0v) is 12.8. The predicted molar refractivity (Wildman–Crippen MR) is 82.6 cm³/mol. The molecule has 0 fully saturated rings. The quantitative estimate of drug-likeness (QED) is 0.758. The van der Waals surface area contributed by atoms with Crippen molar-refractivity contribution >= 4 is 0 Å². The Labute approximate surface area is 121 Å². The van der Waals surface area contributed by atoms with Gasteiger partial charge >= 0.3 is 0 Å². The minimum Gasteiger partial charge on any atom is -0.263 e. The predicted octanol–water partition coefficient (Wildman–Crippen LogP) is 4.53. The molecule has 0 aliphatic carbocycles. The molecular weight excluding hydrogens is 244 g/mol. The third-order valence-corrected chi connectivity index (χ3v) is 3.61. The van der Waals surface area contributed by atoms with Gasteiger partial charge in [0.2, 0.25) is 0 Å². The van der Waals surface area contributed by atoms with Gasteiger partial charge in [0.15, 0.2) is 0 Å². The molecule has 0 amide bonds. The topological polar surface area (TPSA) is 36.7 Å². The van der Waals surface area contributed by atoms with E-state index in [0.717, 1.165) is 11.1 Å². The molecule has 0 N–H and O–H groups in total. The van der Waals surface area contributed by atoms with Gasteiger partial charge in [-0.2, -0.15) is 5.26 Å². The molecule has 0 saturated carbocycles. The van der Waals surface area contributed by atoms with E-state index in [1.807, 2.05) is 6.07 Å². The first-order valence-electron chi connectivity index (χ1n) is 6.81. The number of nitriles is 1. The Balaban J connectivity index is 2.69. The molecule has 0 aliphatic rings. The zero-order chi connectivity index (χ0) is 14.9. The van der Waals surface area contributed by atoms with Gasteiger partial charge < -0.3 is 0 Å². The third-order valence-electron chi connectivity index (χ3n) is 3.61. The second kappa shape index (κ2) is 5.09. The first-order chi connectivity index (χ1) is 9.34. The summed E-state index contributed by atoms with van der Waals surface area (Å²) in [7, 11) is 0. The second-order valence-electron chi connectivity index (χ2n) is 6.27. The molecule has 0 aliphatic heterocycles.